The predicted molar refractivity (Wildman–Crippen MR) is 225 cm³/mol. The van der Waals surface area contributed by atoms with Crippen molar-refractivity contribution in [3.8, 4) is 0 Å². The third-order valence-corrected chi connectivity index (χ3v) is 8.46. The zero-order chi connectivity index (χ0) is 45.7. The highest BCUT2D eigenvalue weighted by Gasteiger charge is 2.31. The van der Waals surface area contributed by atoms with Crippen LogP contribution in [-0.4, -0.2) is 56.4 Å². The highest BCUT2D eigenvalue weighted by molar-refractivity contribution is 9.08. The van der Waals surface area contributed by atoms with E-state index in [0.717, 1.165) is 0 Å². The number of amides is 2. The van der Waals surface area contributed by atoms with Crippen molar-refractivity contribution in [3.05, 3.63) is 143 Å². The lowest BCUT2D eigenvalue weighted by atomic mass is 9.89. The summed E-state index contributed by atoms with van der Waals surface area (Å²) >= 11 is 3.17. The van der Waals surface area contributed by atoms with Crippen molar-refractivity contribution in [2.24, 2.45) is 5.41 Å². The molecule has 2 N–H and O–H groups in total. The molecular formula is C45H57BrF4N2O8. The van der Waals surface area contributed by atoms with Crippen LogP contribution in [0.1, 0.15) is 91.0 Å². The number of alkyl halides is 1. The van der Waals surface area contributed by atoms with Gasteiger partial charge in [-0.1, -0.05) is 109 Å². The molecule has 0 aliphatic rings. The summed E-state index contributed by atoms with van der Waals surface area (Å²) in [6, 6.07) is 25.1. The number of hydrogen-bond donors (Lipinski definition) is 2. The summed E-state index contributed by atoms with van der Waals surface area (Å²) in [5.41, 5.74) is -0.485. The van der Waals surface area contributed by atoms with Gasteiger partial charge in [-0.2, -0.15) is 0 Å². The molecule has 2 amide bonds. The predicted octanol–water partition coefficient (Wildman–Crippen LogP) is 11.5. The van der Waals surface area contributed by atoms with Gasteiger partial charge in [0.1, 0.15) is 34.5 Å². The third-order valence-electron chi connectivity index (χ3n) is 7.86. The lowest BCUT2D eigenvalue weighted by Crippen LogP contribution is -2.39. The largest absolute Gasteiger partial charge is 0.534 e. The summed E-state index contributed by atoms with van der Waals surface area (Å²) in [6.45, 7) is 14.9. The van der Waals surface area contributed by atoms with Crippen LogP contribution in [0.2, 0.25) is 0 Å². The van der Waals surface area contributed by atoms with E-state index in [1.54, 1.807) is 110 Å². The molecule has 0 radical (unpaired) electrons. The Hall–Kier alpha value is -4.99. The minimum atomic E-state index is -1.08. The van der Waals surface area contributed by atoms with Crippen LogP contribution in [0.25, 0.3) is 0 Å². The highest BCUT2D eigenvalue weighted by atomic mass is 79.9. The first-order valence-corrected chi connectivity index (χ1v) is 20.1. The maximum atomic E-state index is 13.8. The third kappa shape index (κ3) is 20.8. The van der Waals surface area contributed by atoms with Gasteiger partial charge in [0.25, 0.3) is 5.91 Å². The highest BCUT2D eigenvalue weighted by Crippen LogP contribution is 2.24. The molecule has 0 saturated heterocycles. The summed E-state index contributed by atoms with van der Waals surface area (Å²) in [7, 11) is 0. The van der Waals surface area contributed by atoms with E-state index in [9.17, 15) is 37.2 Å². The second-order valence-electron chi connectivity index (χ2n) is 15.6. The lowest BCUT2D eigenvalue weighted by molar-refractivity contribution is -0.178. The molecule has 0 aromatic heterocycles. The van der Waals surface area contributed by atoms with Crippen molar-refractivity contribution < 1.29 is 56.6 Å². The minimum absolute atomic E-state index is 0.000926. The summed E-state index contributed by atoms with van der Waals surface area (Å²) in [4.78, 5) is 40.8. The van der Waals surface area contributed by atoms with Crippen molar-refractivity contribution in [2.45, 2.75) is 105 Å². The number of rotatable bonds is 9. The molecule has 60 heavy (non-hydrogen) atoms. The zero-order valence-electron chi connectivity index (χ0n) is 35.6. The molecule has 0 aliphatic heterocycles. The van der Waals surface area contributed by atoms with E-state index in [0.29, 0.717) is 45.0 Å². The van der Waals surface area contributed by atoms with Crippen molar-refractivity contribution in [2.75, 3.05) is 6.61 Å². The van der Waals surface area contributed by atoms with Crippen molar-refractivity contribution in [1.29, 1.82) is 0 Å². The SMILES string of the molecule is CC(C)(C)OC(=O)ON(Cc1ccccc1F)C(=O)OC(C)(C)C.CCC(C)(C)C(=O)N(O)Cc1ccccc1F.Fc1ccccc1CBr.OCCc1ccccc1F. The summed E-state index contributed by atoms with van der Waals surface area (Å²) in [6.07, 6.45) is -0.992. The first-order valence-electron chi connectivity index (χ1n) is 19.0. The number of aliphatic hydroxyl groups excluding tert-OH is 1. The molecule has 0 bridgehead atoms. The Labute approximate surface area is 359 Å². The monoisotopic (exact) mass is 908 g/mol. The zero-order valence-corrected chi connectivity index (χ0v) is 37.2. The second-order valence-corrected chi connectivity index (χ2v) is 16.2. The van der Waals surface area contributed by atoms with Crippen LogP contribution in [0.5, 0.6) is 0 Å². The van der Waals surface area contributed by atoms with Gasteiger partial charge in [-0.25, -0.2) is 32.2 Å². The van der Waals surface area contributed by atoms with E-state index in [1.807, 2.05) is 13.0 Å². The number of carbonyl (C=O) groups is 3. The van der Waals surface area contributed by atoms with E-state index >= 15 is 0 Å². The van der Waals surface area contributed by atoms with Crippen LogP contribution < -0.4 is 0 Å². The summed E-state index contributed by atoms with van der Waals surface area (Å²) in [5, 5.41) is 20.0. The molecule has 10 nitrogen and oxygen atoms in total. The van der Waals surface area contributed by atoms with E-state index in [2.05, 4.69) is 15.9 Å². The molecule has 4 rings (SSSR count). The van der Waals surface area contributed by atoms with Crippen LogP contribution in [-0.2, 0) is 43.9 Å². The second kappa shape index (κ2) is 25.6. The first kappa shape index (κ1) is 53.0. The molecule has 0 aliphatic carbocycles. The normalized spacial score (nSPS) is 10.9. The Morgan fingerprint density at radius 1 is 0.617 bits per heavy atom. The number of hydroxylamine groups is 4. The number of carbonyl (C=O) groups excluding carboxylic acids is 3. The molecule has 0 fully saturated rings. The van der Waals surface area contributed by atoms with Gasteiger partial charge in [-0.15, -0.1) is 5.06 Å². The average molecular weight is 910 g/mol. The van der Waals surface area contributed by atoms with Crippen LogP contribution in [0.3, 0.4) is 0 Å². The smallest absolute Gasteiger partial charge is 0.442 e. The van der Waals surface area contributed by atoms with Gasteiger partial charge in [0.15, 0.2) is 0 Å². The summed E-state index contributed by atoms with van der Waals surface area (Å²) < 4.78 is 62.6. The lowest BCUT2D eigenvalue weighted by Gasteiger charge is -2.27. The Morgan fingerprint density at radius 3 is 1.35 bits per heavy atom. The Balaban J connectivity index is 0.000000432. The van der Waals surface area contributed by atoms with Crippen LogP contribution >= 0.6 is 15.9 Å². The van der Waals surface area contributed by atoms with E-state index < -0.39 is 46.4 Å². The molecule has 4 aromatic rings. The van der Waals surface area contributed by atoms with Crippen molar-refractivity contribution in [3.63, 3.8) is 0 Å². The van der Waals surface area contributed by atoms with Crippen LogP contribution in [0.15, 0.2) is 97.1 Å². The number of benzene rings is 4. The number of ether oxygens (including phenoxy) is 2. The van der Waals surface area contributed by atoms with Crippen LogP contribution in [0, 0.1) is 28.7 Å². The van der Waals surface area contributed by atoms with Crippen LogP contribution in [0.4, 0.5) is 27.2 Å². The van der Waals surface area contributed by atoms with Crippen molar-refractivity contribution in [1.82, 2.24) is 10.1 Å². The standard InChI is InChI=1S/C17H24FNO5.C13H18FNO2.C8H9FO.C7H6BrF/c1-16(2,3)22-14(20)19(24-15(21)23-17(4,5)6)11-12-9-7-8-10-13(12)18;1-4-13(2,3)12(16)15(17)9-10-7-5-6-8-11(10)14;9-8-4-2-1-3-7(8)5-6-10;8-5-6-3-1-2-4-7(6)9/h7-10H,11H2,1-6H3;5-8,17H,4,9H2,1-3H3;1-4,10H,5-6H2;1-4H,5H2. The van der Waals surface area contributed by atoms with Gasteiger partial charge in [0.2, 0.25) is 0 Å². The maximum absolute atomic E-state index is 13.8. The number of halogens is 5. The van der Waals surface area contributed by atoms with Gasteiger partial charge >= 0.3 is 12.2 Å². The Morgan fingerprint density at radius 2 is 1.00 bits per heavy atom. The molecule has 330 valence electrons. The first-order chi connectivity index (χ1) is 27.9. The quantitative estimate of drug-likeness (QED) is 0.0559. The fraction of sp³-hybridized carbons (Fsp3) is 0.400. The topological polar surface area (TPSA) is 126 Å². The fourth-order valence-corrected chi connectivity index (χ4v) is 4.83. The molecule has 0 atom stereocenters. The average Bonchev–Trinajstić information content (AvgIpc) is 3.16. The van der Waals surface area contributed by atoms with Gasteiger partial charge < -0.3 is 14.6 Å². The fourth-order valence-electron chi connectivity index (χ4n) is 4.38. The molecule has 0 spiro atoms. The number of aliphatic hydroxyl groups is 1. The van der Waals surface area contributed by atoms with E-state index in [1.165, 1.54) is 36.4 Å². The molecule has 0 heterocycles. The molecule has 4 aromatic carbocycles. The minimum Gasteiger partial charge on any atom is -0.442 e. The molecular weight excluding hydrogens is 852 g/mol. The molecule has 0 saturated carbocycles. The van der Waals surface area contributed by atoms with E-state index in [4.69, 9.17) is 19.4 Å². The van der Waals surface area contributed by atoms with Crippen molar-refractivity contribution >= 4 is 34.1 Å². The van der Waals surface area contributed by atoms with E-state index in [-0.39, 0.29) is 36.9 Å². The molecule has 0 unspecified atom stereocenters. The van der Waals surface area contributed by atoms with Gasteiger partial charge in [0, 0.05) is 28.5 Å². The Kier molecular flexibility index (Phi) is 22.6. The van der Waals surface area contributed by atoms with Gasteiger partial charge in [0.05, 0.1) is 13.1 Å². The maximum Gasteiger partial charge on any atom is 0.534 e. The van der Waals surface area contributed by atoms with Gasteiger partial charge in [-0.3, -0.25) is 14.8 Å². The molecule has 15 heteroatoms. The number of nitrogens with zero attached hydrogens (tertiary/aromatic N) is 2. The Bertz CT molecular complexity index is 1940. The van der Waals surface area contributed by atoms with Gasteiger partial charge in [-0.05, 0) is 89.8 Å². The number of hydrogen-bond acceptors (Lipinski definition) is 8. The summed E-state index contributed by atoms with van der Waals surface area (Å²) in [5.74, 6) is -1.73.